The number of sulfonamides is 1. The van der Waals surface area contributed by atoms with Gasteiger partial charge in [0, 0.05) is 17.3 Å². The van der Waals surface area contributed by atoms with Crippen molar-refractivity contribution in [3.63, 3.8) is 0 Å². The van der Waals surface area contributed by atoms with Gasteiger partial charge in [-0.25, -0.2) is 8.42 Å². The maximum Gasteiger partial charge on any atom is 0.263 e. The van der Waals surface area contributed by atoms with Gasteiger partial charge in [0.15, 0.2) is 0 Å². The van der Waals surface area contributed by atoms with E-state index in [1.807, 2.05) is 0 Å². The molecule has 8 heteroatoms. The van der Waals surface area contributed by atoms with Crippen LogP contribution in [-0.2, 0) is 10.0 Å². The lowest BCUT2D eigenvalue weighted by Crippen LogP contribution is -2.13. The summed E-state index contributed by atoms with van der Waals surface area (Å²) < 4.78 is 28.4. The normalized spacial score (nSPS) is 11.5. The molecule has 0 aromatic carbocycles. The van der Waals surface area contributed by atoms with Crippen LogP contribution in [0.4, 0.5) is 5.69 Å². The Morgan fingerprint density at radius 2 is 2.11 bits per heavy atom. The molecule has 2 aromatic rings. The summed E-state index contributed by atoms with van der Waals surface area (Å²) >= 11 is 7.92. The molecule has 0 aliphatic carbocycles. The number of aromatic nitrogens is 1. The summed E-state index contributed by atoms with van der Waals surface area (Å²) in [5.41, 5.74) is 0.465. The fraction of sp³-hybridized carbons (Fsp3) is 0.100. The number of hydrogen-bond donors (Lipinski definition) is 1. The number of hydrogen-bond acceptors (Lipinski definition) is 4. The summed E-state index contributed by atoms with van der Waals surface area (Å²) in [4.78, 5) is 4.90. The Morgan fingerprint density at radius 1 is 1.39 bits per heavy atom. The average molecular weight is 412 g/mol. The molecule has 0 fully saturated rings. The third-order valence-electron chi connectivity index (χ3n) is 2.15. The first kappa shape index (κ1) is 14.0. The number of thiophene rings is 1. The summed E-state index contributed by atoms with van der Waals surface area (Å²) in [6.07, 6.45) is 3.06. The summed E-state index contributed by atoms with van der Waals surface area (Å²) in [7, 11) is -3.57. The molecule has 0 aliphatic rings. The van der Waals surface area contributed by atoms with Crippen molar-refractivity contribution in [1.82, 2.24) is 4.98 Å². The second-order valence-corrected chi connectivity index (χ2v) is 8.57. The quantitative estimate of drug-likeness (QED) is 0.835. The molecular formula is C10H8Br2N2O2S2. The third kappa shape index (κ3) is 2.93. The Balaban J connectivity index is 2.40. The van der Waals surface area contributed by atoms with E-state index < -0.39 is 10.0 Å². The van der Waals surface area contributed by atoms with Gasteiger partial charge in [0.2, 0.25) is 0 Å². The average Bonchev–Trinajstić information content (AvgIpc) is 2.62. The van der Waals surface area contributed by atoms with E-state index in [4.69, 9.17) is 0 Å². The molecule has 2 rings (SSSR count). The van der Waals surface area contributed by atoms with Crippen LogP contribution in [0.15, 0.2) is 37.7 Å². The first-order valence-electron chi connectivity index (χ1n) is 4.78. The number of nitrogens with zero attached hydrogens (tertiary/aromatic N) is 1. The van der Waals surface area contributed by atoms with Crippen molar-refractivity contribution in [3.8, 4) is 0 Å². The van der Waals surface area contributed by atoms with E-state index in [1.165, 1.54) is 23.7 Å². The Bertz CT molecular complexity index is 683. The molecule has 96 valence electrons. The molecule has 2 heterocycles. The summed E-state index contributed by atoms with van der Waals surface area (Å²) in [6.45, 7) is 1.77. The van der Waals surface area contributed by atoms with Crippen LogP contribution in [-0.4, -0.2) is 13.4 Å². The van der Waals surface area contributed by atoms with Gasteiger partial charge in [0.1, 0.15) is 4.90 Å². The van der Waals surface area contributed by atoms with Gasteiger partial charge in [0.05, 0.1) is 13.9 Å². The Kier molecular flexibility index (Phi) is 4.10. The number of anilines is 1. The molecule has 0 spiro atoms. The molecule has 0 saturated heterocycles. The van der Waals surface area contributed by atoms with Gasteiger partial charge >= 0.3 is 0 Å². The van der Waals surface area contributed by atoms with E-state index in [1.54, 1.807) is 19.1 Å². The highest BCUT2D eigenvalue weighted by atomic mass is 79.9. The lowest BCUT2D eigenvalue weighted by atomic mass is 10.4. The molecule has 4 nitrogen and oxygen atoms in total. The van der Waals surface area contributed by atoms with Gasteiger partial charge in [-0.15, -0.1) is 11.3 Å². The van der Waals surface area contributed by atoms with Crippen LogP contribution in [0.1, 0.15) is 4.88 Å². The van der Waals surface area contributed by atoms with Crippen molar-refractivity contribution < 1.29 is 8.42 Å². The zero-order valence-corrected chi connectivity index (χ0v) is 14.0. The minimum atomic E-state index is -3.57. The predicted octanol–water partition coefficient (Wildman–Crippen LogP) is 3.78. The topological polar surface area (TPSA) is 59.1 Å². The van der Waals surface area contributed by atoms with Crippen LogP contribution < -0.4 is 4.72 Å². The highest BCUT2D eigenvalue weighted by molar-refractivity contribution is 9.11. The van der Waals surface area contributed by atoms with Gasteiger partial charge in [-0.05, 0) is 50.9 Å². The van der Waals surface area contributed by atoms with Crippen molar-refractivity contribution in [1.29, 1.82) is 0 Å². The molecular weight excluding hydrogens is 404 g/mol. The van der Waals surface area contributed by atoms with Gasteiger partial charge in [-0.3, -0.25) is 9.71 Å². The number of rotatable bonds is 3. The van der Waals surface area contributed by atoms with E-state index >= 15 is 0 Å². The highest BCUT2D eigenvalue weighted by Crippen LogP contribution is 2.31. The van der Waals surface area contributed by atoms with E-state index in [9.17, 15) is 8.42 Å². The predicted molar refractivity (Wildman–Crippen MR) is 79.5 cm³/mol. The van der Waals surface area contributed by atoms with E-state index in [-0.39, 0.29) is 4.90 Å². The second kappa shape index (κ2) is 5.28. The number of pyridine rings is 1. The van der Waals surface area contributed by atoms with Crippen molar-refractivity contribution in [2.24, 2.45) is 0 Å². The zero-order valence-electron chi connectivity index (χ0n) is 9.15. The summed E-state index contributed by atoms with van der Waals surface area (Å²) in [6, 6.07) is 3.19. The number of nitrogens with one attached hydrogen (secondary N) is 1. The van der Waals surface area contributed by atoms with Crippen LogP contribution in [0, 0.1) is 6.92 Å². The number of aryl methyl sites for hydroxylation is 1. The maximum atomic E-state index is 12.2. The highest BCUT2D eigenvalue weighted by Gasteiger charge is 2.20. The van der Waals surface area contributed by atoms with Crippen LogP contribution in [0.5, 0.6) is 0 Å². The molecule has 0 aliphatic heterocycles. The fourth-order valence-electron chi connectivity index (χ4n) is 1.36. The third-order valence-corrected chi connectivity index (χ3v) is 5.95. The first-order valence-corrected chi connectivity index (χ1v) is 8.67. The maximum absolute atomic E-state index is 12.2. The minimum Gasteiger partial charge on any atom is -0.278 e. The molecule has 0 unspecified atom stereocenters. The molecule has 0 bridgehead atoms. The van der Waals surface area contributed by atoms with Crippen LogP contribution >= 0.6 is 43.2 Å². The van der Waals surface area contributed by atoms with Gasteiger partial charge in [0.25, 0.3) is 10.0 Å². The Labute approximate surface area is 126 Å². The molecule has 2 aromatic heterocycles. The molecule has 0 radical (unpaired) electrons. The zero-order chi connectivity index (χ0) is 13.3. The largest absolute Gasteiger partial charge is 0.278 e. The smallest absolute Gasteiger partial charge is 0.263 e. The first-order chi connectivity index (χ1) is 8.40. The Hall–Kier alpha value is -0.440. The van der Waals surface area contributed by atoms with E-state index in [0.29, 0.717) is 10.2 Å². The van der Waals surface area contributed by atoms with Gasteiger partial charge in [-0.1, -0.05) is 0 Å². The summed E-state index contributed by atoms with van der Waals surface area (Å²) in [5.74, 6) is 0. The van der Waals surface area contributed by atoms with E-state index in [2.05, 4.69) is 41.6 Å². The Morgan fingerprint density at radius 3 is 2.67 bits per heavy atom. The van der Waals surface area contributed by atoms with Crippen LogP contribution in [0.3, 0.4) is 0 Å². The van der Waals surface area contributed by atoms with E-state index in [0.717, 1.165) is 8.66 Å². The van der Waals surface area contributed by atoms with Crippen molar-refractivity contribution >= 4 is 58.9 Å². The monoisotopic (exact) mass is 410 g/mol. The van der Waals surface area contributed by atoms with Crippen LogP contribution in [0.25, 0.3) is 0 Å². The van der Waals surface area contributed by atoms with Gasteiger partial charge in [-0.2, -0.15) is 0 Å². The van der Waals surface area contributed by atoms with Crippen molar-refractivity contribution in [2.75, 3.05) is 4.72 Å². The van der Waals surface area contributed by atoms with Crippen molar-refractivity contribution in [2.45, 2.75) is 11.8 Å². The summed E-state index contributed by atoms with van der Waals surface area (Å²) in [5, 5.41) is 0. The standard InChI is InChI=1S/C10H8Br2N2O2S2/c1-6-9(4-10(12)17-6)18(15,16)14-8-2-3-13-5-7(8)11/h2-5H,1H3,(H,13,14). The fourth-order valence-corrected chi connectivity index (χ4v) is 5.33. The number of halogens is 2. The van der Waals surface area contributed by atoms with Gasteiger partial charge < -0.3 is 0 Å². The molecule has 0 amide bonds. The van der Waals surface area contributed by atoms with Crippen LogP contribution in [0.2, 0.25) is 0 Å². The second-order valence-electron chi connectivity index (χ2n) is 3.43. The van der Waals surface area contributed by atoms with Crippen molar-refractivity contribution in [3.05, 3.63) is 37.7 Å². The minimum absolute atomic E-state index is 0.281. The SMILES string of the molecule is Cc1sc(Br)cc1S(=O)(=O)Nc1ccncc1Br. The molecule has 18 heavy (non-hydrogen) atoms. The lowest BCUT2D eigenvalue weighted by Gasteiger charge is -2.08. The molecule has 0 saturated carbocycles. The lowest BCUT2D eigenvalue weighted by molar-refractivity contribution is 0.601. The molecule has 1 N–H and O–H groups in total. The molecule has 0 atom stereocenters.